The van der Waals surface area contributed by atoms with Gasteiger partial charge in [0.25, 0.3) is 0 Å². The molecule has 8 heteroatoms. The van der Waals surface area contributed by atoms with Crippen LogP contribution in [0.3, 0.4) is 0 Å². The quantitative estimate of drug-likeness (QED) is 0.677. The summed E-state index contributed by atoms with van der Waals surface area (Å²) in [7, 11) is 0. The Morgan fingerprint density at radius 2 is 1.41 bits per heavy atom. The molecule has 1 aliphatic carbocycles. The Kier molecular flexibility index (Phi) is 7.07. The van der Waals surface area contributed by atoms with Gasteiger partial charge in [0.05, 0.1) is 0 Å². The van der Waals surface area contributed by atoms with Crippen molar-refractivity contribution >= 4 is 41.0 Å². The van der Waals surface area contributed by atoms with Crippen LogP contribution in [0.1, 0.15) is 44.9 Å². The van der Waals surface area contributed by atoms with E-state index in [0.29, 0.717) is 34.9 Å². The van der Waals surface area contributed by atoms with Gasteiger partial charge in [-0.15, -0.1) is 0 Å². The minimum atomic E-state index is -0.182. The fourth-order valence-corrected chi connectivity index (χ4v) is 4.24. The molecule has 0 unspecified atom stereocenters. The first-order valence-corrected chi connectivity index (χ1v) is 10.3. The molecule has 6 nitrogen and oxygen atoms in total. The largest absolute Gasteiger partial charge is 0.335 e. The van der Waals surface area contributed by atoms with Crippen molar-refractivity contribution in [2.45, 2.75) is 57.0 Å². The van der Waals surface area contributed by atoms with E-state index in [9.17, 15) is 9.59 Å². The Labute approximate surface area is 170 Å². The Morgan fingerprint density at radius 1 is 0.852 bits per heavy atom. The van der Waals surface area contributed by atoms with E-state index in [0.717, 1.165) is 25.7 Å². The van der Waals surface area contributed by atoms with Crippen LogP contribution in [-0.2, 0) is 0 Å². The molecule has 0 spiro atoms. The van der Waals surface area contributed by atoms with Gasteiger partial charge in [-0.2, -0.15) is 0 Å². The molecule has 3 N–H and O–H groups in total. The van der Waals surface area contributed by atoms with Crippen molar-refractivity contribution in [3.63, 3.8) is 0 Å². The van der Waals surface area contributed by atoms with Gasteiger partial charge in [0, 0.05) is 40.9 Å². The summed E-state index contributed by atoms with van der Waals surface area (Å²) in [6.45, 7) is 1.18. The molecule has 1 saturated carbocycles. The van der Waals surface area contributed by atoms with Crippen LogP contribution in [0.5, 0.6) is 0 Å². The third-order valence-corrected chi connectivity index (χ3v) is 5.61. The number of rotatable bonds is 3. The zero-order chi connectivity index (χ0) is 19.2. The summed E-state index contributed by atoms with van der Waals surface area (Å²) in [4.78, 5) is 26.3. The normalized spacial score (nSPS) is 18.8. The molecule has 27 heavy (non-hydrogen) atoms. The standard InChI is InChI=1S/C19H26Cl2N4O2/c20-13-10-14(21)12-17(11-13)24-19(27)25-8-6-16(7-9-25)23-18(26)22-15-4-2-1-3-5-15/h10-12,15-16H,1-9H2,(H,24,27)(H2,22,23,26). The lowest BCUT2D eigenvalue weighted by Crippen LogP contribution is -2.51. The van der Waals surface area contributed by atoms with Gasteiger partial charge in [0.15, 0.2) is 0 Å². The average Bonchev–Trinajstić information content (AvgIpc) is 2.62. The van der Waals surface area contributed by atoms with Crippen molar-refractivity contribution in [1.82, 2.24) is 15.5 Å². The Bertz CT molecular complexity index is 651. The maximum absolute atomic E-state index is 12.4. The lowest BCUT2D eigenvalue weighted by Gasteiger charge is -2.33. The molecule has 2 fully saturated rings. The number of hydrogen-bond donors (Lipinski definition) is 3. The zero-order valence-corrected chi connectivity index (χ0v) is 16.8. The molecule has 3 rings (SSSR count). The van der Waals surface area contributed by atoms with Gasteiger partial charge < -0.3 is 20.9 Å². The predicted molar refractivity (Wildman–Crippen MR) is 109 cm³/mol. The number of halogens is 2. The lowest BCUT2D eigenvalue weighted by atomic mass is 9.96. The molecule has 0 radical (unpaired) electrons. The van der Waals surface area contributed by atoms with E-state index in [4.69, 9.17) is 23.2 Å². The number of urea groups is 2. The van der Waals surface area contributed by atoms with Crippen LogP contribution in [0.2, 0.25) is 10.0 Å². The van der Waals surface area contributed by atoms with E-state index in [1.54, 1.807) is 23.1 Å². The first-order valence-electron chi connectivity index (χ1n) is 9.58. The number of piperidine rings is 1. The fourth-order valence-electron chi connectivity index (χ4n) is 3.71. The third-order valence-electron chi connectivity index (χ3n) is 5.17. The summed E-state index contributed by atoms with van der Waals surface area (Å²) in [5.74, 6) is 0. The van der Waals surface area contributed by atoms with Crippen LogP contribution in [0, 0.1) is 0 Å². The monoisotopic (exact) mass is 412 g/mol. The third kappa shape index (κ3) is 6.18. The van der Waals surface area contributed by atoms with E-state index in [-0.39, 0.29) is 18.1 Å². The molecule has 0 bridgehead atoms. The maximum Gasteiger partial charge on any atom is 0.321 e. The highest BCUT2D eigenvalue weighted by molar-refractivity contribution is 6.35. The van der Waals surface area contributed by atoms with Crippen LogP contribution >= 0.6 is 23.2 Å². The number of likely N-dealkylation sites (tertiary alicyclic amines) is 1. The molecule has 0 atom stereocenters. The second kappa shape index (κ2) is 9.51. The maximum atomic E-state index is 12.4. The van der Waals surface area contributed by atoms with Crippen LogP contribution in [0.4, 0.5) is 15.3 Å². The van der Waals surface area contributed by atoms with Gasteiger partial charge in [-0.3, -0.25) is 0 Å². The van der Waals surface area contributed by atoms with E-state index in [2.05, 4.69) is 16.0 Å². The molecule has 148 valence electrons. The number of benzene rings is 1. The van der Waals surface area contributed by atoms with Crippen molar-refractivity contribution < 1.29 is 9.59 Å². The fraction of sp³-hybridized carbons (Fsp3) is 0.579. The topological polar surface area (TPSA) is 73.5 Å². The van der Waals surface area contributed by atoms with Gasteiger partial charge in [0.2, 0.25) is 0 Å². The Balaban J connectivity index is 1.41. The molecular weight excluding hydrogens is 387 g/mol. The number of nitrogens with zero attached hydrogens (tertiary/aromatic N) is 1. The molecule has 2 aliphatic rings. The zero-order valence-electron chi connectivity index (χ0n) is 15.3. The first kappa shape index (κ1) is 20.1. The number of carbonyl (C=O) groups excluding carboxylic acids is 2. The van der Waals surface area contributed by atoms with Gasteiger partial charge in [-0.05, 0) is 43.9 Å². The highest BCUT2D eigenvalue weighted by Crippen LogP contribution is 2.23. The Morgan fingerprint density at radius 3 is 2.00 bits per heavy atom. The Hall–Kier alpha value is -1.66. The smallest absolute Gasteiger partial charge is 0.321 e. The minimum Gasteiger partial charge on any atom is -0.335 e. The second-order valence-electron chi connectivity index (χ2n) is 7.30. The van der Waals surface area contributed by atoms with Crippen molar-refractivity contribution in [2.75, 3.05) is 18.4 Å². The van der Waals surface area contributed by atoms with Gasteiger partial charge in [-0.25, -0.2) is 9.59 Å². The molecule has 4 amide bonds. The molecule has 1 aliphatic heterocycles. The molecule has 1 aromatic rings. The molecule has 1 saturated heterocycles. The highest BCUT2D eigenvalue weighted by atomic mass is 35.5. The number of nitrogens with one attached hydrogen (secondary N) is 3. The number of carbonyl (C=O) groups is 2. The van der Waals surface area contributed by atoms with Gasteiger partial charge >= 0.3 is 12.1 Å². The van der Waals surface area contributed by atoms with E-state index in [1.165, 1.54) is 19.3 Å². The van der Waals surface area contributed by atoms with Crippen molar-refractivity contribution in [2.24, 2.45) is 0 Å². The summed E-state index contributed by atoms with van der Waals surface area (Å²) < 4.78 is 0. The number of amides is 4. The summed E-state index contributed by atoms with van der Waals surface area (Å²) in [5.41, 5.74) is 0.574. The molecule has 1 heterocycles. The average molecular weight is 413 g/mol. The summed E-state index contributed by atoms with van der Waals surface area (Å²) >= 11 is 11.9. The van der Waals surface area contributed by atoms with Crippen LogP contribution in [0.25, 0.3) is 0 Å². The summed E-state index contributed by atoms with van der Waals surface area (Å²) in [6, 6.07) is 5.07. The van der Waals surface area contributed by atoms with Gasteiger partial charge in [0.1, 0.15) is 0 Å². The van der Waals surface area contributed by atoms with Crippen LogP contribution < -0.4 is 16.0 Å². The number of anilines is 1. The SMILES string of the molecule is O=C(NC1CCCCC1)NC1CCN(C(=O)Nc2cc(Cl)cc(Cl)c2)CC1. The van der Waals surface area contributed by atoms with E-state index < -0.39 is 0 Å². The first-order chi connectivity index (χ1) is 13.0. The van der Waals surface area contributed by atoms with Crippen molar-refractivity contribution in [3.05, 3.63) is 28.2 Å². The molecule has 1 aromatic carbocycles. The highest BCUT2D eigenvalue weighted by Gasteiger charge is 2.25. The van der Waals surface area contributed by atoms with Crippen molar-refractivity contribution in [3.8, 4) is 0 Å². The minimum absolute atomic E-state index is 0.0848. The summed E-state index contributed by atoms with van der Waals surface area (Å²) in [5, 5.41) is 9.90. The molecular formula is C19H26Cl2N4O2. The van der Waals surface area contributed by atoms with Gasteiger partial charge in [-0.1, -0.05) is 42.5 Å². The van der Waals surface area contributed by atoms with E-state index >= 15 is 0 Å². The van der Waals surface area contributed by atoms with E-state index in [1.807, 2.05) is 0 Å². The van der Waals surface area contributed by atoms with Crippen LogP contribution in [-0.4, -0.2) is 42.1 Å². The number of hydrogen-bond acceptors (Lipinski definition) is 2. The van der Waals surface area contributed by atoms with Crippen LogP contribution in [0.15, 0.2) is 18.2 Å². The molecule has 0 aromatic heterocycles. The summed E-state index contributed by atoms with van der Waals surface area (Å²) in [6.07, 6.45) is 7.26. The predicted octanol–water partition coefficient (Wildman–Crippen LogP) is 4.62. The lowest BCUT2D eigenvalue weighted by molar-refractivity contribution is 0.186. The second-order valence-corrected chi connectivity index (χ2v) is 8.18. The van der Waals surface area contributed by atoms with Crippen molar-refractivity contribution in [1.29, 1.82) is 0 Å².